The second-order valence-electron chi connectivity index (χ2n) is 4.65. The molecule has 1 aromatic carbocycles. The summed E-state index contributed by atoms with van der Waals surface area (Å²) in [5.74, 6) is -1.23. The van der Waals surface area contributed by atoms with E-state index < -0.39 is 21.5 Å². The van der Waals surface area contributed by atoms with E-state index in [9.17, 15) is 13.2 Å². The molecule has 0 atom stereocenters. The van der Waals surface area contributed by atoms with Gasteiger partial charge in [0.2, 0.25) is 5.91 Å². The molecule has 1 amide bonds. The first-order valence-corrected chi connectivity index (χ1v) is 8.11. The van der Waals surface area contributed by atoms with Crippen LogP contribution in [0.4, 0.5) is 5.69 Å². The highest BCUT2D eigenvalue weighted by Gasteiger charge is 2.17. The topological polar surface area (TPSA) is 87.0 Å². The minimum atomic E-state index is -3.46. The Bertz CT molecular complexity index is 630. The van der Waals surface area contributed by atoms with Gasteiger partial charge in [0.1, 0.15) is 5.75 Å². The van der Waals surface area contributed by atoms with Crippen LogP contribution in [0.1, 0.15) is 24.0 Å². The molecule has 0 aliphatic rings. The summed E-state index contributed by atoms with van der Waals surface area (Å²) in [6.45, 7) is 3.79. The zero-order valence-electron chi connectivity index (χ0n) is 11.6. The number of nitriles is 1. The maximum Gasteiger partial charge on any atom is 0.239 e. The van der Waals surface area contributed by atoms with Gasteiger partial charge in [-0.25, -0.2) is 8.42 Å². The predicted octanol–water partition coefficient (Wildman–Crippen LogP) is 1.96. The van der Waals surface area contributed by atoms with E-state index in [1.807, 2.05) is 26.0 Å². The Labute approximate surface area is 119 Å². The van der Waals surface area contributed by atoms with Crippen LogP contribution in [0.15, 0.2) is 18.2 Å². The van der Waals surface area contributed by atoms with E-state index in [0.717, 1.165) is 11.1 Å². The maximum absolute atomic E-state index is 11.8. The second kappa shape index (κ2) is 7.06. The number of carbonyl (C=O) groups excluding carboxylic acids is 1. The van der Waals surface area contributed by atoms with E-state index in [-0.39, 0.29) is 18.6 Å². The molecular weight excluding hydrogens is 276 g/mol. The van der Waals surface area contributed by atoms with Crippen molar-refractivity contribution in [2.24, 2.45) is 0 Å². The smallest absolute Gasteiger partial charge is 0.239 e. The molecule has 1 aromatic rings. The lowest BCUT2D eigenvalue weighted by Crippen LogP contribution is -2.25. The van der Waals surface area contributed by atoms with E-state index in [1.54, 1.807) is 12.1 Å². The molecule has 6 heteroatoms. The van der Waals surface area contributed by atoms with Crippen molar-refractivity contribution in [2.45, 2.75) is 26.7 Å². The molecule has 108 valence electrons. The quantitative estimate of drug-likeness (QED) is 0.812. The highest BCUT2D eigenvalue weighted by atomic mass is 32.2. The fourth-order valence-electron chi connectivity index (χ4n) is 1.72. The number of sulfone groups is 1. The van der Waals surface area contributed by atoms with Crippen molar-refractivity contribution in [3.8, 4) is 6.07 Å². The Hall–Kier alpha value is -1.87. The van der Waals surface area contributed by atoms with Gasteiger partial charge >= 0.3 is 0 Å². The third-order valence-electron chi connectivity index (χ3n) is 2.97. The average Bonchev–Trinajstić information content (AvgIpc) is 2.34. The van der Waals surface area contributed by atoms with Crippen molar-refractivity contribution in [1.29, 1.82) is 5.26 Å². The Morgan fingerprint density at radius 2 is 2.05 bits per heavy atom. The van der Waals surface area contributed by atoms with Crippen molar-refractivity contribution in [3.05, 3.63) is 29.3 Å². The minimum absolute atomic E-state index is 0.138. The van der Waals surface area contributed by atoms with Crippen LogP contribution in [0.3, 0.4) is 0 Å². The van der Waals surface area contributed by atoms with Crippen molar-refractivity contribution in [2.75, 3.05) is 16.8 Å². The number of unbranched alkanes of at least 4 members (excludes halogenated alkanes) is 1. The molecule has 1 rings (SSSR count). The highest BCUT2D eigenvalue weighted by Crippen LogP contribution is 2.17. The molecule has 0 aromatic heterocycles. The van der Waals surface area contributed by atoms with Crippen LogP contribution in [-0.4, -0.2) is 25.8 Å². The molecule has 0 bridgehead atoms. The molecule has 0 unspecified atom stereocenters. The standard InChI is InChI=1S/C14H18N2O3S/c1-11-6-5-7-13(12(11)2)16-14(17)10-20(18,19)9-4-3-8-15/h5-7H,3-4,9-10H2,1-2H3,(H,16,17). The van der Waals surface area contributed by atoms with Gasteiger partial charge in [-0.3, -0.25) is 4.79 Å². The lowest BCUT2D eigenvalue weighted by molar-refractivity contribution is -0.113. The number of benzene rings is 1. The minimum Gasteiger partial charge on any atom is -0.325 e. The van der Waals surface area contributed by atoms with Crippen molar-refractivity contribution < 1.29 is 13.2 Å². The van der Waals surface area contributed by atoms with Crippen molar-refractivity contribution in [3.63, 3.8) is 0 Å². The molecule has 0 saturated carbocycles. The van der Waals surface area contributed by atoms with Gasteiger partial charge < -0.3 is 5.32 Å². The summed E-state index contributed by atoms with van der Waals surface area (Å²) in [5.41, 5.74) is 2.57. The van der Waals surface area contributed by atoms with Crippen molar-refractivity contribution in [1.82, 2.24) is 0 Å². The Morgan fingerprint density at radius 3 is 2.70 bits per heavy atom. The van der Waals surface area contributed by atoms with Gasteiger partial charge in [-0.15, -0.1) is 0 Å². The first-order valence-electron chi connectivity index (χ1n) is 6.29. The maximum atomic E-state index is 11.8. The summed E-state index contributed by atoms with van der Waals surface area (Å²) in [7, 11) is -3.46. The fraction of sp³-hybridized carbons (Fsp3) is 0.429. The SMILES string of the molecule is Cc1cccc(NC(=O)CS(=O)(=O)CCCC#N)c1C. The lowest BCUT2D eigenvalue weighted by atomic mass is 10.1. The van der Waals surface area contributed by atoms with Gasteiger partial charge in [-0.05, 0) is 37.5 Å². The summed E-state index contributed by atoms with van der Waals surface area (Å²) >= 11 is 0. The molecular formula is C14H18N2O3S. The Kier molecular flexibility index (Phi) is 5.71. The van der Waals surface area contributed by atoms with Crippen molar-refractivity contribution >= 4 is 21.4 Å². The molecule has 1 N–H and O–H groups in total. The number of hydrogen-bond acceptors (Lipinski definition) is 4. The fourth-order valence-corrected chi connectivity index (χ4v) is 2.92. The molecule has 5 nitrogen and oxygen atoms in total. The number of aryl methyl sites for hydroxylation is 1. The highest BCUT2D eigenvalue weighted by molar-refractivity contribution is 7.92. The second-order valence-corrected chi connectivity index (χ2v) is 6.83. The number of nitrogens with zero attached hydrogens (tertiary/aromatic N) is 1. The molecule has 0 radical (unpaired) electrons. The van der Waals surface area contributed by atoms with E-state index in [0.29, 0.717) is 5.69 Å². The number of nitrogens with one attached hydrogen (secondary N) is 1. The summed E-state index contributed by atoms with van der Waals surface area (Å²) in [4.78, 5) is 11.8. The molecule has 0 fully saturated rings. The van der Waals surface area contributed by atoms with Crippen LogP contribution in [0.25, 0.3) is 0 Å². The Morgan fingerprint density at radius 1 is 1.35 bits per heavy atom. The van der Waals surface area contributed by atoms with Gasteiger partial charge in [0.05, 0.1) is 11.8 Å². The van der Waals surface area contributed by atoms with Crippen LogP contribution in [0, 0.1) is 25.2 Å². The first-order chi connectivity index (χ1) is 9.35. The lowest BCUT2D eigenvalue weighted by Gasteiger charge is -2.10. The summed E-state index contributed by atoms with van der Waals surface area (Å²) in [6.07, 6.45) is 0.438. The largest absolute Gasteiger partial charge is 0.325 e. The molecule has 20 heavy (non-hydrogen) atoms. The number of rotatable bonds is 6. The van der Waals surface area contributed by atoms with Gasteiger partial charge in [-0.1, -0.05) is 12.1 Å². The number of hydrogen-bond donors (Lipinski definition) is 1. The van der Waals surface area contributed by atoms with Gasteiger partial charge in [0.15, 0.2) is 9.84 Å². The van der Waals surface area contributed by atoms with Gasteiger partial charge in [0.25, 0.3) is 0 Å². The van der Waals surface area contributed by atoms with Crippen LogP contribution in [0.2, 0.25) is 0 Å². The van der Waals surface area contributed by atoms with E-state index in [2.05, 4.69) is 5.32 Å². The zero-order valence-corrected chi connectivity index (χ0v) is 12.5. The molecule has 0 aliphatic carbocycles. The van der Waals surface area contributed by atoms with Gasteiger partial charge in [-0.2, -0.15) is 5.26 Å². The van der Waals surface area contributed by atoms with Crippen LogP contribution >= 0.6 is 0 Å². The number of amides is 1. The predicted molar refractivity (Wildman–Crippen MR) is 78.0 cm³/mol. The molecule has 0 spiro atoms. The normalized spacial score (nSPS) is 10.8. The molecule has 0 aliphatic heterocycles. The molecule has 0 saturated heterocycles. The summed E-state index contributed by atoms with van der Waals surface area (Å²) < 4.78 is 23.4. The number of anilines is 1. The third kappa shape index (κ3) is 5.02. The first kappa shape index (κ1) is 16.2. The number of carbonyl (C=O) groups is 1. The third-order valence-corrected chi connectivity index (χ3v) is 4.59. The van der Waals surface area contributed by atoms with E-state index >= 15 is 0 Å². The molecule has 0 heterocycles. The summed E-state index contributed by atoms with van der Waals surface area (Å²) in [6, 6.07) is 7.35. The summed E-state index contributed by atoms with van der Waals surface area (Å²) in [5, 5.41) is 11.0. The zero-order chi connectivity index (χ0) is 15.2. The van der Waals surface area contributed by atoms with Crippen LogP contribution < -0.4 is 5.32 Å². The van der Waals surface area contributed by atoms with E-state index in [1.165, 1.54) is 0 Å². The monoisotopic (exact) mass is 294 g/mol. The van der Waals surface area contributed by atoms with Crippen LogP contribution in [-0.2, 0) is 14.6 Å². The van der Waals surface area contributed by atoms with Crippen LogP contribution in [0.5, 0.6) is 0 Å². The van der Waals surface area contributed by atoms with E-state index in [4.69, 9.17) is 5.26 Å². The average molecular weight is 294 g/mol. The van der Waals surface area contributed by atoms with Gasteiger partial charge in [0, 0.05) is 12.1 Å². The Balaban J connectivity index is 2.64.